The van der Waals surface area contributed by atoms with E-state index in [0.717, 1.165) is 16.9 Å². The van der Waals surface area contributed by atoms with Crippen LogP contribution in [0.4, 0.5) is 5.82 Å². The summed E-state index contributed by atoms with van der Waals surface area (Å²) in [6.07, 6.45) is 1.29. The average Bonchev–Trinajstić information content (AvgIpc) is 2.03. The Morgan fingerprint density at radius 1 is 1.46 bits per heavy atom. The topological polar surface area (TPSA) is 36.4 Å². The summed E-state index contributed by atoms with van der Waals surface area (Å²) < 4.78 is 0. The third-order valence-corrected chi connectivity index (χ3v) is 2.05. The van der Waals surface area contributed by atoms with Crippen LogP contribution in [0.2, 0.25) is 0 Å². The number of aliphatic hydroxyl groups is 1. The Morgan fingerprint density at radius 3 is 2.46 bits per heavy atom. The van der Waals surface area contributed by atoms with Gasteiger partial charge in [-0.25, -0.2) is 4.98 Å². The highest BCUT2D eigenvalue weighted by Gasteiger charge is 2.06. The summed E-state index contributed by atoms with van der Waals surface area (Å²) in [7, 11) is 3.90. The van der Waals surface area contributed by atoms with E-state index < -0.39 is 6.10 Å². The van der Waals surface area contributed by atoms with Gasteiger partial charge in [-0.2, -0.15) is 0 Å². The first-order valence-electron chi connectivity index (χ1n) is 4.34. The van der Waals surface area contributed by atoms with E-state index in [-0.39, 0.29) is 0 Å². The molecule has 72 valence electrons. The summed E-state index contributed by atoms with van der Waals surface area (Å²) in [6, 6.07) is 1.97. The predicted molar refractivity (Wildman–Crippen MR) is 53.9 cm³/mol. The van der Waals surface area contributed by atoms with Crippen molar-refractivity contribution in [2.24, 2.45) is 0 Å². The minimum absolute atomic E-state index is 0.441. The Bertz CT molecular complexity index is 295. The maximum Gasteiger partial charge on any atom is 0.128 e. The molecule has 0 spiro atoms. The molecule has 3 nitrogen and oxygen atoms in total. The predicted octanol–water partition coefficient (Wildman–Crippen LogP) is 1.51. The number of hydrogen-bond donors (Lipinski definition) is 1. The van der Waals surface area contributed by atoms with Crippen LogP contribution < -0.4 is 4.90 Å². The van der Waals surface area contributed by atoms with E-state index in [1.54, 1.807) is 13.1 Å². The third-order valence-electron chi connectivity index (χ3n) is 2.05. The highest BCUT2D eigenvalue weighted by Crippen LogP contribution is 2.19. The fourth-order valence-corrected chi connectivity index (χ4v) is 1.23. The van der Waals surface area contributed by atoms with E-state index in [9.17, 15) is 5.11 Å². The molecule has 0 aromatic carbocycles. The van der Waals surface area contributed by atoms with Gasteiger partial charge in [0.1, 0.15) is 5.82 Å². The zero-order valence-corrected chi connectivity index (χ0v) is 8.57. The van der Waals surface area contributed by atoms with Gasteiger partial charge in [-0.15, -0.1) is 0 Å². The van der Waals surface area contributed by atoms with Crippen molar-refractivity contribution < 1.29 is 5.11 Å². The molecule has 1 aromatic rings. The largest absolute Gasteiger partial charge is 0.389 e. The fraction of sp³-hybridized carbons (Fsp3) is 0.500. The van der Waals surface area contributed by atoms with E-state index in [2.05, 4.69) is 4.98 Å². The zero-order valence-electron chi connectivity index (χ0n) is 8.57. The van der Waals surface area contributed by atoms with Crippen molar-refractivity contribution in [2.45, 2.75) is 20.0 Å². The minimum atomic E-state index is -0.441. The molecule has 13 heavy (non-hydrogen) atoms. The van der Waals surface area contributed by atoms with Gasteiger partial charge in [0.2, 0.25) is 0 Å². The average molecular weight is 180 g/mol. The number of anilines is 1. The molecule has 0 unspecified atom stereocenters. The van der Waals surface area contributed by atoms with Crippen molar-refractivity contribution in [2.75, 3.05) is 19.0 Å². The maximum absolute atomic E-state index is 9.38. The van der Waals surface area contributed by atoms with Gasteiger partial charge in [0, 0.05) is 25.9 Å². The first kappa shape index (κ1) is 9.99. The van der Waals surface area contributed by atoms with Crippen molar-refractivity contribution >= 4 is 5.82 Å². The van der Waals surface area contributed by atoms with E-state index in [1.165, 1.54) is 0 Å². The molecule has 3 heteroatoms. The first-order valence-corrected chi connectivity index (χ1v) is 4.34. The monoisotopic (exact) mass is 180 g/mol. The second kappa shape index (κ2) is 3.75. The number of nitrogens with zero attached hydrogens (tertiary/aromatic N) is 2. The van der Waals surface area contributed by atoms with Gasteiger partial charge in [0.05, 0.1) is 6.10 Å². The van der Waals surface area contributed by atoms with Gasteiger partial charge in [0.15, 0.2) is 0 Å². The number of aryl methyl sites for hydroxylation is 1. The van der Waals surface area contributed by atoms with Crippen molar-refractivity contribution in [3.8, 4) is 0 Å². The van der Waals surface area contributed by atoms with Crippen LogP contribution >= 0.6 is 0 Å². The van der Waals surface area contributed by atoms with Crippen LogP contribution in [-0.4, -0.2) is 24.2 Å². The highest BCUT2D eigenvalue weighted by atomic mass is 16.3. The molecular weight excluding hydrogens is 164 g/mol. The number of hydrogen-bond acceptors (Lipinski definition) is 3. The molecule has 0 aliphatic carbocycles. The van der Waals surface area contributed by atoms with E-state index in [4.69, 9.17) is 0 Å². The van der Waals surface area contributed by atoms with Gasteiger partial charge in [-0.3, -0.25) is 0 Å². The lowest BCUT2D eigenvalue weighted by Gasteiger charge is -2.14. The summed E-state index contributed by atoms with van der Waals surface area (Å²) in [5, 5.41) is 9.38. The van der Waals surface area contributed by atoms with Gasteiger partial charge >= 0.3 is 0 Å². The van der Waals surface area contributed by atoms with Crippen LogP contribution in [0.25, 0.3) is 0 Å². The third kappa shape index (κ3) is 2.18. The Hall–Kier alpha value is -1.09. The fourth-order valence-electron chi connectivity index (χ4n) is 1.23. The van der Waals surface area contributed by atoms with Crippen LogP contribution in [-0.2, 0) is 0 Å². The SMILES string of the molecule is Cc1cc(N(C)C)ncc1[C@@H](C)O. The van der Waals surface area contributed by atoms with Gasteiger partial charge in [-0.1, -0.05) is 0 Å². The van der Waals surface area contributed by atoms with E-state index in [1.807, 2.05) is 32.0 Å². The van der Waals surface area contributed by atoms with Gasteiger partial charge < -0.3 is 10.0 Å². The van der Waals surface area contributed by atoms with Gasteiger partial charge in [0.25, 0.3) is 0 Å². The molecule has 1 N–H and O–H groups in total. The molecule has 1 aromatic heterocycles. The summed E-state index contributed by atoms with van der Waals surface area (Å²) >= 11 is 0. The smallest absolute Gasteiger partial charge is 0.128 e. The Morgan fingerprint density at radius 2 is 2.08 bits per heavy atom. The Labute approximate surface area is 79.0 Å². The first-order chi connectivity index (χ1) is 6.02. The number of pyridine rings is 1. The number of aromatic nitrogens is 1. The molecule has 0 fully saturated rings. The molecule has 0 aliphatic rings. The minimum Gasteiger partial charge on any atom is -0.389 e. The molecule has 0 saturated heterocycles. The standard InChI is InChI=1S/C10H16N2O/c1-7-5-10(12(3)4)11-6-9(7)8(2)13/h5-6,8,13H,1-4H3/t8-/m1/s1. The Kier molecular flexibility index (Phi) is 2.88. The van der Waals surface area contributed by atoms with Crippen molar-refractivity contribution in [3.63, 3.8) is 0 Å². The normalized spacial score (nSPS) is 12.7. The highest BCUT2D eigenvalue weighted by molar-refractivity contribution is 5.42. The summed E-state index contributed by atoms with van der Waals surface area (Å²) in [4.78, 5) is 6.17. The van der Waals surface area contributed by atoms with Crippen LogP contribution in [0, 0.1) is 6.92 Å². The molecule has 0 amide bonds. The van der Waals surface area contributed by atoms with E-state index in [0.29, 0.717) is 0 Å². The summed E-state index contributed by atoms with van der Waals surface area (Å²) in [5.74, 6) is 0.918. The summed E-state index contributed by atoms with van der Waals surface area (Å²) in [5.41, 5.74) is 1.97. The second-order valence-corrected chi connectivity index (χ2v) is 3.47. The van der Waals surface area contributed by atoms with E-state index >= 15 is 0 Å². The van der Waals surface area contributed by atoms with Crippen molar-refractivity contribution in [1.82, 2.24) is 4.98 Å². The lowest BCUT2D eigenvalue weighted by atomic mass is 10.1. The molecule has 0 aliphatic heterocycles. The maximum atomic E-state index is 9.38. The summed E-state index contributed by atoms with van der Waals surface area (Å²) in [6.45, 7) is 3.73. The van der Waals surface area contributed by atoms with Crippen molar-refractivity contribution in [3.05, 3.63) is 23.4 Å². The molecule has 1 rings (SSSR count). The lowest BCUT2D eigenvalue weighted by Crippen LogP contribution is -2.11. The molecule has 0 radical (unpaired) electrons. The van der Waals surface area contributed by atoms with Gasteiger partial charge in [-0.05, 0) is 25.5 Å². The zero-order chi connectivity index (χ0) is 10.0. The molecule has 1 heterocycles. The second-order valence-electron chi connectivity index (χ2n) is 3.47. The lowest BCUT2D eigenvalue weighted by molar-refractivity contribution is 0.198. The Balaban J connectivity index is 3.06. The molecule has 1 atom stereocenters. The van der Waals surface area contributed by atoms with Crippen LogP contribution in [0.3, 0.4) is 0 Å². The number of aliphatic hydroxyl groups excluding tert-OH is 1. The van der Waals surface area contributed by atoms with Crippen molar-refractivity contribution in [1.29, 1.82) is 0 Å². The van der Waals surface area contributed by atoms with Crippen LogP contribution in [0.5, 0.6) is 0 Å². The van der Waals surface area contributed by atoms with Crippen LogP contribution in [0.1, 0.15) is 24.2 Å². The molecular formula is C10H16N2O. The number of rotatable bonds is 2. The quantitative estimate of drug-likeness (QED) is 0.749. The molecule has 0 bridgehead atoms. The molecule has 0 saturated carbocycles. The van der Waals surface area contributed by atoms with Crippen LogP contribution in [0.15, 0.2) is 12.3 Å².